The number of amides is 2. The lowest BCUT2D eigenvalue weighted by Crippen LogP contribution is -2.47. The summed E-state index contributed by atoms with van der Waals surface area (Å²) in [6, 6.07) is 3.86. The van der Waals surface area contributed by atoms with Gasteiger partial charge in [0.15, 0.2) is 5.01 Å². The normalized spacial score (nSPS) is 15.8. The Morgan fingerprint density at radius 1 is 1.30 bits per heavy atom. The fourth-order valence-corrected chi connectivity index (χ4v) is 4.21. The number of hydrogen-bond donors (Lipinski definition) is 1. The maximum atomic E-state index is 12.5. The molecule has 3 rings (SSSR count). The molecule has 8 heteroatoms. The number of likely N-dealkylation sites (N-methyl/N-ethyl adjacent to an activating group) is 1. The molecule has 2 aromatic heterocycles. The van der Waals surface area contributed by atoms with Crippen LogP contribution in [0.4, 0.5) is 0 Å². The summed E-state index contributed by atoms with van der Waals surface area (Å²) in [5.74, 6) is -0.471. The monoisotopic (exact) mass is 350 g/mol. The standard InChI is InChI=1S/C15H18N4O2S2/c1-18-4-6-19(7-5-18)12(20)9-11-13(10-3-2-8-22-10)17-15(23-11)14(16)21/h2-3,8H,4-7,9H2,1H3,(H2,16,21). The molecule has 1 aliphatic heterocycles. The van der Waals surface area contributed by atoms with Crippen molar-refractivity contribution in [2.24, 2.45) is 5.73 Å². The van der Waals surface area contributed by atoms with Crippen molar-refractivity contribution in [2.75, 3.05) is 33.2 Å². The van der Waals surface area contributed by atoms with Crippen molar-refractivity contribution in [3.63, 3.8) is 0 Å². The van der Waals surface area contributed by atoms with Gasteiger partial charge < -0.3 is 15.5 Å². The smallest absolute Gasteiger partial charge is 0.277 e. The summed E-state index contributed by atoms with van der Waals surface area (Å²) < 4.78 is 0. The van der Waals surface area contributed by atoms with Crippen LogP contribution in [0.3, 0.4) is 0 Å². The Morgan fingerprint density at radius 3 is 2.65 bits per heavy atom. The van der Waals surface area contributed by atoms with Crippen molar-refractivity contribution in [1.29, 1.82) is 0 Å². The van der Waals surface area contributed by atoms with Crippen LogP contribution in [0.2, 0.25) is 0 Å². The van der Waals surface area contributed by atoms with Crippen molar-refractivity contribution >= 4 is 34.5 Å². The highest BCUT2D eigenvalue weighted by molar-refractivity contribution is 7.16. The van der Waals surface area contributed by atoms with E-state index in [4.69, 9.17) is 5.73 Å². The first-order chi connectivity index (χ1) is 11.0. The molecule has 0 spiro atoms. The summed E-state index contributed by atoms with van der Waals surface area (Å²) in [6.07, 6.45) is 0.266. The van der Waals surface area contributed by atoms with Gasteiger partial charge in [0.2, 0.25) is 5.91 Å². The number of nitrogens with zero attached hydrogens (tertiary/aromatic N) is 3. The Morgan fingerprint density at radius 2 is 2.04 bits per heavy atom. The lowest BCUT2D eigenvalue weighted by molar-refractivity contribution is -0.131. The van der Waals surface area contributed by atoms with Gasteiger partial charge in [0.05, 0.1) is 17.0 Å². The highest BCUT2D eigenvalue weighted by atomic mass is 32.1. The number of thiazole rings is 1. The highest BCUT2D eigenvalue weighted by Crippen LogP contribution is 2.32. The molecule has 0 radical (unpaired) electrons. The first-order valence-corrected chi connectivity index (χ1v) is 9.04. The van der Waals surface area contributed by atoms with Crippen LogP contribution >= 0.6 is 22.7 Å². The molecule has 0 bridgehead atoms. The zero-order valence-electron chi connectivity index (χ0n) is 12.8. The van der Waals surface area contributed by atoms with Crippen molar-refractivity contribution < 1.29 is 9.59 Å². The molecular formula is C15H18N4O2S2. The second kappa shape index (κ2) is 6.77. The van der Waals surface area contributed by atoms with E-state index in [0.29, 0.717) is 5.69 Å². The molecule has 1 aliphatic rings. The molecule has 0 saturated carbocycles. The van der Waals surface area contributed by atoms with Gasteiger partial charge >= 0.3 is 0 Å². The number of nitrogens with two attached hydrogens (primary N) is 1. The molecule has 122 valence electrons. The van der Waals surface area contributed by atoms with E-state index in [2.05, 4.69) is 16.9 Å². The Labute approximate surface area is 142 Å². The number of hydrogen-bond acceptors (Lipinski definition) is 6. The third-order valence-corrected chi connectivity index (χ3v) is 5.78. The summed E-state index contributed by atoms with van der Waals surface area (Å²) >= 11 is 2.76. The molecule has 2 aromatic rings. The van der Waals surface area contributed by atoms with E-state index < -0.39 is 5.91 Å². The van der Waals surface area contributed by atoms with Crippen LogP contribution in [0.5, 0.6) is 0 Å². The SMILES string of the molecule is CN1CCN(C(=O)Cc2sc(C(N)=O)nc2-c2cccs2)CC1. The number of carbonyl (C=O) groups is 2. The Bertz CT molecular complexity index is 703. The predicted molar refractivity (Wildman–Crippen MR) is 91.7 cm³/mol. The van der Waals surface area contributed by atoms with Gasteiger partial charge in [-0.15, -0.1) is 22.7 Å². The molecule has 0 aromatic carbocycles. The molecule has 3 heterocycles. The van der Waals surface area contributed by atoms with Gasteiger partial charge in [-0.1, -0.05) is 6.07 Å². The molecule has 1 saturated heterocycles. The maximum Gasteiger partial charge on any atom is 0.277 e. The van der Waals surface area contributed by atoms with E-state index in [-0.39, 0.29) is 17.3 Å². The van der Waals surface area contributed by atoms with Gasteiger partial charge in [0, 0.05) is 31.1 Å². The predicted octanol–water partition coefficient (Wildman–Crippen LogP) is 1.29. The fourth-order valence-electron chi connectivity index (χ4n) is 2.49. The van der Waals surface area contributed by atoms with E-state index in [1.54, 1.807) is 0 Å². The maximum absolute atomic E-state index is 12.5. The lowest BCUT2D eigenvalue weighted by Gasteiger charge is -2.32. The van der Waals surface area contributed by atoms with Gasteiger partial charge in [-0.2, -0.15) is 0 Å². The number of carbonyl (C=O) groups excluding carboxylic acids is 2. The minimum absolute atomic E-state index is 0.0792. The van der Waals surface area contributed by atoms with E-state index >= 15 is 0 Å². The molecule has 23 heavy (non-hydrogen) atoms. The highest BCUT2D eigenvalue weighted by Gasteiger charge is 2.23. The van der Waals surface area contributed by atoms with E-state index in [0.717, 1.165) is 35.9 Å². The van der Waals surface area contributed by atoms with Crippen molar-refractivity contribution in [3.05, 3.63) is 27.4 Å². The largest absolute Gasteiger partial charge is 0.364 e. The molecule has 6 nitrogen and oxygen atoms in total. The van der Waals surface area contributed by atoms with E-state index in [1.807, 2.05) is 22.4 Å². The number of piperazine rings is 1. The first-order valence-electron chi connectivity index (χ1n) is 7.34. The van der Waals surface area contributed by atoms with E-state index in [1.165, 1.54) is 22.7 Å². The number of aromatic nitrogens is 1. The van der Waals surface area contributed by atoms with Crippen LogP contribution in [-0.4, -0.2) is 59.8 Å². The van der Waals surface area contributed by atoms with Crippen molar-refractivity contribution in [2.45, 2.75) is 6.42 Å². The second-order valence-corrected chi connectivity index (χ2v) is 7.52. The van der Waals surface area contributed by atoms with Crippen LogP contribution < -0.4 is 5.73 Å². The quantitative estimate of drug-likeness (QED) is 0.901. The second-order valence-electron chi connectivity index (χ2n) is 5.49. The zero-order chi connectivity index (χ0) is 16.4. The number of primary amides is 1. The summed E-state index contributed by atoms with van der Waals surface area (Å²) in [5, 5.41) is 2.21. The van der Waals surface area contributed by atoms with Crippen LogP contribution in [0.1, 0.15) is 14.7 Å². The van der Waals surface area contributed by atoms with Crippen LogP contribution in [-0.2, 0) is 11.2 Å². The molecule has 1 fully saturated rings. The Balaban J connectivity index is 1.81. The van der Waals surface area contributed by atoms with Gasteiger partial charge in [0.25, 0.3) is 5.91 Å². The molecule has 2 N–H and O–H groups in total. The van der Waals surface area contributed by atoms with Crippen LogP contribution in [0.15, 0.2) is 17.5 Å². The number of rotatable bonds is 4. The average Bonchev–Trinajstić information content (AvgIpc) is 3.16. The Kier molecular flexibility index (Phi) is 4.74. The molecule has 0 unspecified atom stereocenters. The lowest BCUT2D eigenvalue weighted by atomic mass is 10.2. The minimum atomic E-state index is -0.550. The molecular weight excluding hydrogens is 332 g/mol. The average molecular weight is 350 g/mol. The summed E-state index contributed by atoms with van der Waals surface area (Å²) in [5.41, 5.74) is 6.06. The summed E-state index contributed by atoms with van der Waals surface area (Å²) in [4.78, 5) is 34.2. The minimum Gasteiger partial charge on any atom is -0.364 e. The van der Waals surface area contributed by atoms with E-state index in [9.17, 15) is 9.59 Å². The summed E-state index contributed by atoms with van der Waals surface area (Å²) in [6.45, 7) is 3.26. The van der Waals surface area contributed by atoms with Crippen LogP contribution in [0, 0.1) is 0 Å². The van der Waals surface area contributed by atoms with Crippen molar-refractivity contribution in [1.82, 2.24) is 14.8 Å². The first kappa shape index (κ1) is 16.1. The number of thiophene rings is 1. The Hall–Kier alpha value is -1.77. The molecule has 0 aliphatic carbocycles. The topological polar surface area (TPSA) is 79.5 Å². The third-order valence-electron chi connectivity index (χ3n) is 3.83. The summed E-state index contributed by atoms with van der Waals surface area (Å²) in [7, 11) is 2.05. The van der Waals surface area contributed by atoms with Gasteiger partial charge in [0.1, 0.15) is 0 Å². The van der Waals surface area contributed by atoms with Crippen molar-refractivity contribution in [3.8, 4) is 10.6 Å². The molecule has 2 amide bonds. The van der Waals surface area contributed by atoms with Gasteiger partial charge in [-0.3, -0.25) is 9.59 Å². The third kappa shape index (κ3) is 3.60. The van der Waals surface area contributed by atoms with Gasteiger partial charge in [-0.05, 0) is 18.5 Å². The van der Waals surface area contributed by atoms with Crippen LogP contribution in [0.25, 0.3) is 10.6 Å². The molecule has 0 atom stereocenters. The zero-order valence-corrected chi connectivity index (χ0v) is 14.5. The van der Waals surface area contributed by atoms with Gasteiger partial charge in [-0.25, -0.2) is 4.98 Å². The fraction of sp³-hybridized carbons (Fsp3) is 0.400.